The summed E-state index contributed by atoms with van der Waals surface area (Å²) in [6.07, 6.45) is 5.21. The van der Waals surface area contributed by atoms with Crippen molar-refractivity contribution in [2.75, 3.05) is 12.3 Å². The molecule has 2 heteroatoms. The lowest BCUT2D eigenvalue weighted by Gasteiger charge is -2.23. The van der Waals surface area contributed by atoms with Crippen LogP contribution in [0.25, 0.3) is 0 Å². The van der Waals surface area contributed by atoms with Crippen molar-refractivity contribution in [3.63, 3.8) is 0 Å². The van der Waals surface area contributed by atoms with E-state index in [1.54, 1.807) is 5.30 Å². The standard InChI is InChI=1S/C26H32P2/c1-26(2,3)24-18-10-11-19-25(24)27-20-12-13-21-28(22-14-6-4-7-15-22)23-16-8-5-9-17-23/h4-11,14-19,27H,12-13,20-21H2,1-3H3. The number of hydrogen-bond donors (Lipinski definition) is 0. The molecule has 0 amide bonds. The molecule has 0 aliphatic heterocycles. The molecule has 0 saturated heterocycles. The zero-order valence-corrected chi connectivity index (χ0v) is 19.3. The van der Waals surface area contributed by atoms with Crippen LogP contribution in [0.3, 0.4) is 0 Å². The lowest BCUT2D eigenvalue weighted by atomic mass is 9.87. The number of hydrogen-bond acceptors (Lipinski definition) is 0. The Labute approximate surface area is 174 Å². The van der Waals surface area contributed by atoms with Crippen molar-refractivity contribution >= 4 is 32.4 Å². The van der Waals surface area contributed by atoms with Crippen molar-refractivity contribution < 1.29 is 0 Å². The highest BCUT2D eigenvalue weighted by atomic mass is 31.1. The summed E-state index contributed by atoms with van der Waals surface area (Å²) in [6.45, 7) is 6.97. The monoisotopic (exact) mass is 406 g/mol. The number of unbranched alkanes of at least 4 members (excludes halogenated alkanes) is 1. The van der Waals surface area contributed by atoms with Crippen LogP contribution in [-0.4, -0.2) is 12.3 Å². The van der Waals surface area contributed by atoms with Gasteiger partial charge in [-0.05, 0) is 60.0 Å². The van der Waals surface area contributed by atoms with Gasteiger partial charge < -0.3 is 0 Å². The van der Waals surface area contributed by atoms with E-state index in [1.165, 1.54) is 41.3 Å². The highest BCUT2D eigenvalue weighted by molar-refractivity contribution is 7.73. The minimum absolute atomic E-state index is 0.235. The summed E-state index contributed by atoms with van der Waals surface area (Å²) in [6, 6.07) is 31.2. The predicted octanol–water partition coefficient (Wildman–Crippen LogP) is 6.20. The summed E-state index contributed by atoms with van der Waals surface area (Å²) in [5.41, 5.74) is 1.75. The molecule has 0 aromatic heterocycles. The van der Waals surface area contributed by atoms with Gasteiger partial charge in [0.15, 0.2) is 0 Å². The molecule has 0 aliphatic carbocycles. The fourth-order valence-electron chi connectivity index (χ4n) is 3.53. The number of rotatable bonds is 8. The Hall–Kier alpha value is -1.48. The second-order valence-corrected chi connectivity index (χ2v) is 12.0. The second-order valence-electron chi connectivity index (χ2n) is 8.25. The Balaban J connectivity index is 1.58. The molecule has 3 rings (SSSR count). The van der Waals surface area contributed by atoms with Crippen LogP contribution in [0, 0.1) is 0 Å². The van der Waals surface area contributed by atoms with Gasteiger partial charge in [-0.2, -0.15) is 0 Å². The maximum atomic E-state index is 2.33. The van der Waals surface area contributed by atoms with Gasteiger partial charge in [0, 0.05) is 0 Å². The van der Waals surface area contributed by atoms with Crippen LogP contribution >= 0.6 is 16.5 Å². The number of benzene rings is 3. The quantitative estimate of drug-likeness (QED) is 0.309. The highest BCUT2D eigenvalue weighted by Crippen LogP contribution is 2.35. The van der Waals surface area contributed by atoms with Gasteiger partial charge in [0.2, 0.25) is 0 Å². The fourth-order valence-corrected chi connectivity index (χ4v) is 7.51. The molecule has 0 N–H and O–H groups in total. The van der Waals surface area contributed by atoms with E-state index in [0.717, 1.165) is 8.58 Å². The minimum atomic E-state index is -0.243. The summed E-state index contributed by atoms with van der Waals surface area (Å²) in [5.74, 6) is 0. The van der Waals surface area contributed by atoms with Gasteiger partial charge in [-0.25, -0.2) is 0 Å². The van der Waals surface area contributed by atoms with E-state index in [-0.39, 0.29) is 13.3 Å². The Morgan fingerprint density at radius 3 is 1.79 bits per heavy atom. The average molecular weight is 406 g/mol. The largest absolute Gasteiger partial charge is 0.0901 e. The summed E-state index contributed by atoms with van der Waals surface area (Å²) in [7, 11) is 0.677. The van der Waals surface area contributed by atoms with E-state index in [9.17, 15) is 0 Å². The molecule has 0 fully saturated rings. The van der Waals surface area contributed by atoms with Crippen molar-refractivity contribution in [3.05, 3.63) is 90.5 Å². The molecule has 0 radical (unpaired) electrons. The van der Waals surface area contributed by atoms with Gasteiger partial charge in [0.1, 0.15) is 0 Å². The van der Waals surface area contributed by atoms with Crippen LogP contribution in [0.5, 0.6) is 0 Å². The molecule has 28 heavy (non-hydrogen) atoms. The van der Waals surface area contributed by atoms with E-state index in [0.29, 0.717) is 0 Å². The Morgan fingerprint density at radius 1 is 0.679 bits per heavy atom. The van der Waals surface area contributed by atoms with Crippen molar-refractivity contribution in [3.8, 4) is 0 Å². The zero-order valence-electron chi connectivity index (χ0n) is 17.4. The molecule has 0 aliphatic rings. The maximum absolute atomic E-state index is 2.33. The van der Waals surface area contributed by atoms with E-state index in [1.807, 2.05) is 0 Å². The zero-order chi connectivity index (χ0) is 19.8. The lowest BCUT2D eigenvalue weighted by Crippen LogP contribution is -2.19. The van der Waals surface area contributed by atoms with Crippen LogP contribution in [-0.2, 0) is 5.41 Å². The molecule has 1 atom stereocenters. The Morgan fingerprint density at radius 2 is 1.21 bits per heavy atom. The van der Waals surface area contributed by atoms with Gasteiger partial charge in [-0.3, -0.25) is 0 Å². The average Bonchev–Trinajstić information content (AvgIpc) is 2.71. The second kappa shape index (κ2) is 10.3. The first-order valence-corrected chi connectivity index (χ1v) is 13.0. The van der Waals surface area contributed by atoms with Crippen LogP contribution in [0.15, 0.2) is 84.9 Å². The van der Waals surface area contributed by atoms with Crippen molar-refractivity contribution in [2.45, 2.75) is 39.0 Å². The van der Waals surface area contributed by atoms with Gasteiger partial charge in [0.25, 0.3) is 0 Å². The van der Waals surface area contributed by atoms with E-state index in [2.05, 4.69) is 106 Å². The molecule has 3 aromatic rings. The van der Waals surface area contributed by atoms with Crippen LogP contribution in [0.2, 0.25) is 0 Å². The van der Waals surface area contributed by atoms with Crippen molar-refractivity contribution in [1.29, 1.82) is 0 Å². The molecule has 1 unspecified atom stereocenters. The summed E-state index contributed by atoms with van der Waals surface area (Å²) >= 11 is 0. The molecule has 0 spiro atoms. The molecular weight excluding hydrogens is 374 g/mol. The first kappa shape index (κ1) is 21.2. The Kier molecular flexibility index (Phi) is 7.84. The van der Waals surface area contributed by atoms with Crippen LogP contribution in [0.4, 0.5) is 0 Å². The summed E-state index contributed by atoms with van der Waals surface area (Å²) in [4.78, 5) is 0. The molecule has 146 valence electrons. The third kappa shape index (κ3) is 6.01. The minimum Gasteiger partial charge on any atom is -0.0901 e. The molecule has 0 heterocycles. The molecule has 0 saturated carbocycles. The molecular formula is C26H32P2. The maximum Gasteiger partial charge on any atom is -0.0126 e. The summed E-state index contributed by atoms with van der Waals surface area (Å²) < 4.78 is 0. The first-order chi connectivity index (χ1) is 13.6. The first-order valence-electron chi connectivity index (χ1n) is 10.3. The highest BCUT2D eigenvalue weighted by Gasteiger charge is 2.17. The van der Waals surface area contributed by atoms with Gasteiger partial charge in [-0.1, -0.05) is 114 Å². The molecule has 0 bridgehead atoms. The molecule has 3 aromatic carbocycles. The van der Waals surface area contributed by atoms with Crippen molar-refractivity contribution in [2.24, 2.45) is 0 Å². The van der Waals surface area contributed by atoms with Crippen LogP contribution < -0.4 is 15.9 Å². The predicted molar refractivity (Wildman–Crippen MR) is 131 cm³/mol. The normalized spacial score (nSPS) is 12.1. The van der Waals surface area contributed by atoms with E-state index >= 15 is 0 Å². The van der Waals surface area contributed by atoms with Gasteiger partial charge >= 0.3 is 0 Å². The van der Waals surface area contributed by atoms with Gasteiger partial charge in [-0.15, -0.1) is 0 Å². The van der Waals surface area contributed by atoms with E-state index in [4.69, 9.17) is 0 Å². The molecule has 0 nitrogen and oxygen atoms in total. The fraction of sp³-hybridized carbons (Fsp3) is 0.308. The lowest BCUT2D eigenvalue weighted by molar-refractivity contribution is 0.594. The van der Waals surface area contributed by atoms with Crippen LogP contribution in [0.1, 0.15) is 39.2 Å². The van der Waals surface area contributed by atoms with Gasteiger partial charge in [0.05, 0.1) is 0 Å². The third-order valence-corrected chi connectivity index (χ3v) is 9.02. The SMILES string of the molecule is CC(C)(C)c1ccccc1PCCCCP(c1ccccc1)c1ccccc1. The smallest absolute Gasteiger partial charge is 0.0126 e. The Bertz CT molecular complexity index is 796. The third-order valence-electron chi connectivity index (χ3n) is 4.99. The summed E-state index contributed by atoms with van der Waals surface area (Å²) in [5, 5.41) is 4.57. The van der Waals surface area contributed by atoms with E-state index < -0.39 is 0 Å². The van der Waals surface area contributed by atoms with Crippen molar-refractivity contribution in [1.82, 2.24) is 0 Å². The topological polar surface area (TPSA) is 0 Å².